The van der Waals surface area contributed by atoms with Gasteiger partial charge in [0.15, 0.2) is 5.82 Å². The molecule has 198 valence electrons. The Hall–Kier alpha value is -3.85. The number of hydrogen-bond acceptors (Lipinski definition) is 6. The van der Waals surface area contributed by atoms with Crippen LogP contribution in [0.4, 0.5) is 4.39 Å². The van der Waals surface area contributed by atoms with Crippen LogP contribution in [0.25, 0.3) is 16.5 Å². The summed E-state index contributed by atoms with van der Waals surface area (Å²) in [6.07, 6.45) is 3.71. The van der Waals surface area contributed by atoms with Gasteiger partial charge in [0.2, 0.25) is 0 Å². The van der Waals surface area contributed by atoms with Crippen LogP contribution in [0.2, 0.25) is 0 Å². The quantitative estimate of drug-likeness (QED) is 0.352. The maximum atomic E-state index is 13.5. The summed E-state index contributed by atoms with van der Waals surface area (Å²) in [6.45, 7) is 10.0. The second-order valence-electron chi connectivity index (χ2n) is 10.2. The third-order valence-corrected chi connectivity index (χ3v) is 7.45. The highest BCUT2D eigenvalue weighted by atomic mass is 19.1. The van der Waals surface area contributed by atoms with Crippen molar-refractivity contribution >= 4 is 16.5 Å². The van der Waals surface area contributed by atoms with Crippen LogP contribution < -0.4 is 10.3 Å². The molecule has 0 spiro atoms. The predicted octanol–water partition coefficient (Wildman–Crippen LogP) is 5.08. The van der Waals surface area contributed by atoms with E-state index >= 15 is 0 Å². The van der Waals surface area contributed by atoms with Crippen LogP contribution in [0.5, 0.6) is 5.75 Å². The van der Waals surface area contributed by atoms with E-state index in [9.17, 15) is 9.18 Å². The summed E-state index contributed by atoms with van der Waals surface area (Å²) >= 11 is 0. The lowest BCUT2D eigenvalue weighted by atomic mass is 9.95. The molecule has 8 nitrogen and oxygen atoms in total. The zero-order valence-electron chi connectivity index (χ0n) is 22.2. The Kier molecular flexibility index (Phi) is 7.12. The maximum absolute atomic E-state index is 13.5. The molecule has 1 N–H and O–H groups in total. The smallest absolute Gasteiger partial charge is 0.253 e. The average Bonchev–Trinajstić information content (AvgIpc) is 3.41. The summed E-state index contributed by atoms with van der Waals surface area (Å²) in [4.78, 5) is 18.8. The molecule has 9 heteroatoms. The van der Waals surface area contributed by atoms with Crippen molar-refractivity contribution in [2.75, 3.05) is 19.7 Å². The highest BCUT2D eigenvalue weighted by Crippen LogP contribution is 2.34. The Labute approximate surface area is 221 Å². The number of benzene rings is 2. The van der Waals surface area contributed by atoms with Crippen molar-refractivity contribution in [1.82, 2.24) is 30.1 Å². The van der Waals surface area contributed by atoms with Gasteiger partial charge in [-0.2, -0.15) is 0 Å². The first-order valence-corrected chi connectivity index (χ1v) is 13.1. The third-order valence-electron chi connectivity index (χ3n) is 7.45. The van der Waals surface area contributed by atoms with Gasteiger partial charge in [0.1, 0.15) is 17.6 Å². The molecule has 0 bridgehead atoms. The molecule has 0 aliphatic carbocycles. The van der Waals surface area contributed by atoms with E-state index in [1.807, 2.05) is 48.0 Å². The zero-order valence-corrected chi connectivity index (χ0v) is 22.2. The van der Waals surface area contributed by atoms with Crippen molar-refractivity contribution in [1.29, 1.82) is 0 Å². The largest absolute Gasteiger partial charge is 0.494 e. The van der Waals surface area contributed by atoms with E-state index in [2.05, 4.69) is 52.3 Å². The monoisotopic (exact) mass is 516 g/mol. The van der Waals surface area contributed by atoms with Crippen LogP contribution in [-0.2, 0) is 5.54 Å². The number of halogens is 1. The molecule has 0 amide bonds. The summed E-state index contributed by atoms with van der Waals surface area (Å²) in [5, 5.41) is 13.7. The fourth-order valence-corrected chi connectivity index (χ4v) is 4.95. The van der Waals surface area contributed by atoms with Gasteiger partial charge in [-0.3, -0.25) is 9.69 Å². The van der Waals surface area contributed by atoms with Gasteiger partial charge in [-0.25, -0.2) is 9.07 Å². The van der Waals surface area contributed by atoms with Gasteiger partial charge in [0.05, 0.1) is 12.1 Å². The van der Waals surface area contributed by atoms with Crippen molar-refractivity contribution in [3.05, 3.63) is 87.7 Å². The molecule has 1 aliphatic rings. The molecule has 0 fully saturated rings. The molecule has 2 aromatic carbocycles. The molecule has 2 aromatic heterocycles. The van der Waals surface area contributed by atoms with E-state index in [0.29, 0.717) is 31.1 Å². The molecular formula is C29H33FN6O2. The summed E-state index contributed by atoms with van der Waals surface area (Å²) in [7, 11) is 0. The third kappa shape index (κ3) is 4.98. The van der Waals surface area contributed by atoms with Crippen molar-refractivity contribution in [3.63, 3.8) is 0 Å². The fraction of sp³-hybridized carbons (Fsp3) is 0.379. The predicted molar refractivity (Wildman–Crippen MR) is 146 cm³/mol. The first-order chi connectivity index (χ1) is 18.3. The number of nitrogens with one attached hydrogen (secondary N) is 1. The molecule has 5 rings (SSSR count). The summed E-state index contributed by atoms with van der Waals surface area (Å²) in [5.41, 5.74) is 2.96. The van der Waals surface area contributed by atoms with E-state index in [1.165, 1.54) is 12.1 Å². The first kappa shape index (κ1) is 25.8. The minimum atomic E-state index is -0.467. The molecule has 0 saturated carbocycles. The van der Waals surface area contributed by atoms with E-state index in [-0.39, 0.29) is 16.9 Å². The number of fused-ring (bicyclic) bond motifs is 1. The Morgan fingerprint density at radius 1 is 1.13 bits per heavy atom. The number of pyridine rings is 1. The van der Waals surface area contributed by atoms with E-state index in [4.69, 9.17) is 4.74 Å². The summed E-state index contributed by atoms with van der Waals surface area (Å²) in [5.74, 6) is 1.12. The number of aromatic amines is 1. The highest BCUT2D eigenvalue weighted by molar-refractivity contribution is 5.80. The van der Waals surface area contributed by atoms with Crippen LogP contribution in [0.15, 0.2) is 59.4 Å². The topological polar surface area (TPSA) is 88.9 Å². The lowest BCUT2D eigenvalue weighted by Gasteiger charge is -2.35. The number of aromatic nitrogens is 5. The molecule has 38 heavy (non-hydrogen) atoms. The van der Waals surface area contributed by atoms with Crippen LogP contribution in [0.1, 0.15) is 63.5 Å². The number of tetrazole rings is 1. The highest BCUT2D eigenvalue weighted by Gasteiger charge is 2.35. The molecule has 4 aromatic rings. The SMILES string of the molecule is CCOc1ccc2[nH]c(=O)c(C(c3nnnn3C(C)(C)CC)N3CC=C(c4ccc(F)cc4)CC3)cc2c1. The first-order valence-electron chi connectivity index (χ1n) is 13.1. The second kappa shape index (κ2) is 10.5. The Morgan fingerprint density at radius 2 is 1.92 bits per heavy atom. The number of ether oxygens (including phenoxy) is 1. The standard InChI is InChI=1S/C29H33FN6O2/c1-5-29(3,4)36-27(32-33-34-36)26(35-15-13-20(14-16-35)19-7-9-22(30)10-8-19)24-18-21-17-23(38-6-2)11-12-25(21)31-28(24)37/h7-13,17-18,26H,5-6,14-16H2,1-4H3,(H,31,37). The van der Waals surface area contributed by atoms with Gasteiger partial charge in [-0.1, -0.05) is 25.1 Å². The van der Waals surface area contributed by atoms with E-state index in [0.717, 1.165) is 40.6 Å². The molecule has 0 saturated heterocycles. The number of rotatable bonds is 8. The van der Waals surface area contributed by atoms with Gasteiger partial charge in [0, 0.05) is 29.6 Å². The van der Waals surface area contributed by atoms with Crippen LogP contribution >= 0.6 is 0 Å². The molecule has 1 atom stereocenters. The van der Waals surface area contributed by atoms with Gasteiger partial charge in [-0.15, -0.1) is 5.10 Å². The van der Waals surface area contributed by atoms with E-state index < -0.39 is 6.04 Å². The fourth-order valence-electron chi connectivity index (χ4n) is 4.95. The Bertz CT molecular complexity index is 1520. The van der Waals surface area contributed by atoms with Crippen molar-refractivity contribution < 1.29 is 9.13 Å². The van der Waals surface area contributed by atoms with Crippen LogP contribution in [0.3, 0.4) is 0 Å². The second-order valence-corrected chi connectivity index (χ2v) is 10.2. The molecule has 0 radical (unpaired) electrons. The Balaban J connectivity index is 1.61. The van der Waals surface area contributed by atoms with Crippen molar-refractivity contribution in [2.24, 2.45) is 0 Å². The Morgan fingerprint density at radius 3 is 2.61 bits per heavy atom. The lowest BCUT2D eigenvalue weighted by molar-refractivity contribution is 0.211. The zero-order chi connectivity index (χ0) is 26.9. The van der Waals surface area contributed by atoms with Crippen molar-refractivity contribution in [2.45, 2.75) is 52.1 Å². The van der Waals surface area contributed by atoms with E-state index in [1.54, 1.807) is 0 Å². The summed E-state index contributed by atoms with van der Waals surface area (Å²) < 4.78 is 21.0. The maximum Gasteiger partial charge on any atom is 0.253 e. The van der Waals surface area contributed by atoms with Crippen LogP contribution in [0, 0.1) is 5.82 Å². The molecular weight excluding hydrogens is 483 g/mol. The van der Waals surface area contributed by atoms with Crippen molar-refractivity contribution in [3.8, 4) is 5.75 Å². The normalized spacial score (nSPS) is 15.4. The van der Waals surface area contributed by atoms with Gasteiger partial charge < -0.3 is 9.72 Å². The number of hydrogen-bond donors (Lipinski definition) is 1. The van der Waals surface area contributed by atoms with Crippen LogP contribution in [-0.4, -0.2) is 49.8 Å². The molecule has 3 heterocycles. The molecule has 1 aliphatic heterocycles. The van der Waals surface area contributed by atoms with Gasteiger partial charge in [0.25, 0.3) is 5.56 Å². The van der Waals surface area contributed by atoms with Gasteiger partial charge >= 0.3 is 0 Å². The molecule has 1 unspecified atom stereocenters. The lowest BCUT2D eigenvalue weighted by Crippen LogP contribution is -2.40. The number of H-pyrrole nitrogens is 1. The minimum absolute atomic E-state index is 0.177. The van der Waals surface area contributed by atoms with Gasteiger partial charge in [-0.05, 0) is 91.6 Å². The summed E-state index contributed by atoms with van der Waals surface area (Å²) in [6, 6.07) is 13.7. The number of nitrogens with zero attached hydrogens (tertiary/aromatic N) is 5. The minimum Gasteiger partial charge on any atom is -0.494 e. The average molecular weight is 517 g/mol.